The molecule has 0 saturated carbocycles. The number of para-hydroxylation sites is 1. The van der Waals surface area contributed by atoms with Crippen molar-refractivity contribution in [2.45, 2.75) is 32.5 Å². The lowest BCUT2D eigenvalue weighted by Gasteiger charge is -2.15. The molecule has 0 fully saturated rings. The Morgan fingerprint density at radius 3 is 2.53 bits per heavy atom. The van der Waals surface area contributed by atoms with Crippen LogP contribution in [0.3, 0.4) is 0 Å². The van der Waals surface area contributed by atoms with Crippen LogP contribution in [-0.2, 0) is 6.54 Å². The predicted octanol–water partition coefficient (Wildman–Crippen LogP) is 3.27. The second kappa shape index (κ2) is 7.23. The quantitative estimate of drug-likeness (QED) is 0.778. The van der Waals surface area contributed by atoms with Crippen molar-refractivity contribution >= 4 is 0 Å². The highest BCUT2D eigenvalue weighted by molar-refractivity contribution is 5.46. The second-order valence-electron chi connectivity index (χ2n) is 3.95. The highest BCUT2D eigenvalue weighted by Gasteiger charge is 2.26. The Kier molecular flexibility index (Phi) is 5.95. The van der Waals surface area contributed by atoms with Crippen LogP contribution in [0.25, 0.3) is 0 Å². The molecule has 19 heavy (non-hydrogen) atoms. The van der Waals surface area contributed by atoms with Crippen molar-refractivity contribution in [1.29, 1.82) is 0 Å². The Morgan fingerprint density at radius 2 is 1.95 bits per heavy atom. The Labute approximate surface area is 110 Å². The molecule has 0 amide bonds. The van der Waals surface area contributed by atoms with Crippen LogP contribution < -0.4 is 15.2 Å². The van der Waals surface area contributed by atoms with E-state index in [0.29, 0.717) is 18.1 Å². The van der Waals surface area contributed by atoms with Crippen LogP contribution in [0, 0.1) is 0 Å². The molecule has 1 aromatic rings. The van der Waals surface area contributed by atoms with Gasteiger partial charge in [-0.3, -0.25) is 0 Å². The molecule has 0 saturated heterocycles. The first-order valence-corrected chi connectivity index (χ1v) is 6.12. The molecule has 0 spiro atoms. The average molecular weight is 277 g/mol. The van der Waals surface area contributed by atoms with Gasteiger partial charge in [0, 0.05) is 18.5 Å². The molecule has 0 unspecified atom stereocenters. The fraction of sp³-hybridized carbons (Fsp3) is 0.538. The van der Waals surface area contributed by atoms with E-state index in [4.69, 9.17) is 15.2 Å². The number of rotatable bonds is 7. The van der Waals surface area contributed by atoms with Gasteiger partial charge in [-0.15, -0.1) is 0 Å². The summed E-state index contributed by atoms with van der Waals surface area (Å²) in [5.41, 5.74) is 6.29. The lowest BCUT2D eigenvalue weighted by molar-refractivity contribution is -0.136. The van der Waals surface area contributed by atoms with E-state index in [2.05, 4.69) is 0 Å². The summed E-state index contributed by atoms with van der Waals surface area (Å²) in [7, 11) is 0. The lowest BCUT2D eigenvalue weighted by Crippen LogP contribution is -2.11. The van der Waals surface area contributed by atoms with Crippen LogP contribution in [-0.4, -0.2) is 19.4 Å². The minimum Gasteiger partial charge on any atom is -0.490 e. The normalized spacial score (nSPS) is 11.4. The van der Waals surface area contributed by atoms with Crippen LogP contribution >= 0.6 is 0 Å². The molecular weight excluding hydrogens is 259 g/mol. The maximum atomic E-state index is 12.0. The standard InChI is InChI=1S/C13H18F3NO2/c1-2-18-11-6-3-5-10(9-17)12(11)19-8-4-7-13(14,15)16/h3,5-6H,2,4,7-9,17H2,1H3. The van der Waals surface area contributed by atoms with Crippen molar-refractivity contribution in [2.24, 2.45) is 5.73 Å². The van der Waals surface area contributed by atoms with Gasteiger partial charge in [0.1, 0.15) is 0 Å². The van der Waals surface area contributed by atoms with Gasteiger partial charge in [-0.2, -0.15) is 13.2 Å². The van der Waals surface area contributed by atoms with E-state index in [0.717, 1.165) is 5.56 Å². The van der Waals surface area contributed by atoms with Crippen molar-refractivity contribution in [2.75, 3.05) is 13.2 Å². The number of hydrogen-bond acceptors (Lipinski definition) is 3. The van der Waals surface area contributed by atoms with Gasteiger partial charge in [-0.1, -0.05) is 12.1 Å². The number of nitrogens with two attached hydrogens (primary N) is 1. The maximum absolute atomic E-state index is 12.0. The summed E-state index contributed by atoms with van der Waals surface area (Å²) in [6.45, 7) is 2.50. The third-order valence-electron chi connectivity index (χ3n) is 2.43. The van der Waals surface area contributed by atoms with Gasteiger partial charge in [0.15, 0.2) is 11.5 Å². The zero-order valence-corrected chi connectivity index (χ0v) is 10.8. The van der Waals surface area contributed by atoms with Crippen molar-refractivity contribution in [3.8, 4) is 11.5 Å². The fourth-order valence-corrected chi connectivity index (χ4v) is 1.60. The molecule has 6 heteroatoms. The zero-order chi connectivity index (χ0) is 14.3. The maximum Gasteiger partial charge on any atom is 0.389 e. The van der Waals surface area contributed by atoms with Crippen LogP contribution in [0.1, 0.15) is 25.3 Å². The van der Waals surface area contributed by atoms with Gasteiger partial charge < -0.3 is 15.2 Å². The summed E-state index contributed by atoms with van der Waals surface area (Å²) in [6.07, 6.45) is -5.10. The van der Waals surface area contributed by atoms with Crippen molar-refractivity contribution in [3.63, 3.8) is 0 Å². The van der Waals surface area contributed by atoms with Gasteiger partial charge >= 0.3 is 6.18 Å². The molecule has 2 N–H and O–H groups in total. The summed E-state index contributed by atoms with van der Waals surface area (Å²) >= 11 is 0. The van der Waals surface area contributed by atoms with Gasteiger partial charge in [0.2, 0.25) is 0 Å². The van der Waals surface area contributed by atoms with Crippen molar-refractivity contribution in [1.82, 2.24) is 0 Å². The van der Waals surface area contributed by atoms with Gasteiger partial charge in [-0.05, 0) is 19.4 Å². The highest BCUT2D eigenvalue weighted by atomic mass is 19.4. The van der Waals surface area contributed by atoms with Gasteiger partial charge in [0.25, 0.3) is 0 Å². The summed E-state index contributed by atoms with van der Waals surface area (Å²) in [6, 6.07) is 5.25. The lowest BCUT2D eigenvalue weighted by atomic mass is 10.2. The van der Waals surface area contributed by atoms with E-state index in [-0.39, 0.29) is 19.6 Å². The third-order valence-corrected chi connectivity index (χ3v) is 2.43. The average Bonchev–Trinajstić information content (AvgIpc) is 2.35. The van der Waals surface area contributed by atoms with Crippen LogP contribution in [0.2, 0.25) is 0 Å². The van der Waals surface area contributed by atoms with E-state index in [1.54, 1.807) is 18.2 Å². The topological polar surface area (TPSA) is 44.5 Å². The number of hydrogen-bond donors (Lipinski definition) is 1. The first kappa shape index (κ1) is 15.6. The van der Waals surface area contributed by atoms with Crippen LogP contribution in [0.5, 0.6) is 11.5 Å². The molecule has 3 nitrogen and oxygen atoms in total. The fourth-order valence-electron chi connectivity index (χ4n) is 1.60. The highest BCUT2D eigenvalue weighted by Crippen LogP contribution is 2.31. The minimum absolute atomic E-state index is 0.0173. The Morgan fingerprint density at radius 1 is 1.21 bits per heavy atom. The molecule has 0 bridgehead atoms. The number of halogens is 3. The Hall–Kier alpha value is -1.43. The number of ether oxygens (including phenoxy) is 2. The van der Waals surface area contributed by atoms with E-state index < -0.39 is 12.6 Å². The van der Waals surface area contributed by atoms with Crippen molar-refractivity contribution in [3.05, 3.63) is 23.8 Å². The molecule has 1 rings (SSSR count). The molecule has 0 aliphatic carbocycles. The molecule has 0 aliphatic heterocycles. The first-order valence-electron chi connectivity index (χ1n) is 6.12. The molecule has 0 heterocycles. The summed E-state index contributed by atoms with van der Waals surface area (Å²) < 4.78 is 46.9. The molecular formula is C13H18F3NO2. The smallest absolute Gasteiger partial charge is 0.389 e. The minimum atomic E-state index is -4.15. The zero-order valence-electron chi connectivity index (χ0n) is 10.8. The monoisotopic (exact) mass is 277 g/mol. The molecule has 1 aromatic carbocycles. The SMILES string of the molecule is CCOc1cccc(CN)c1OCCCC(F)(F)F. The largest absolute Gasteiger partial charge is 0.490 e. The Balaban J connectivity index is 2.64. The van der Waals surface area contributed by atoms with Gasteiger partial charge in [0.05, 0.1) is 13.2 Å². The van der Waals surface area contributed by atoms with Crippen molar-refractivity contribution < 1.29 is 22.6 Å². The first-order chi connectivity index (χ1) is 8.98. The van der Waals surface area contributed by atoms with E-state index in [1.165, 1.54) is 0 Å². The van der Waals surface area contributed by atoms with Crippen LogP contribution in [0.15, 0.2) is 18.2 Å². The molecule has 0 aliphatic rings. The van der Waals surface area contributed by atoms with Gasteiger partial charge in [-0.25, -0.2) is 0 Å². The van der Waals surface area contributed by atoms with E-state index in [1.807, 2.05) is 6.92 Å². The summed E-state index contributed by atoms with van der Waals surface area (Å²) in [4.78, 5) is 0. The second-order valence-corrected chi connectivity index (χ2v) is 3.95. The summed E-state index contributed by atoms with van der Waals surface area (Å²) in [5, 5.41) is 0. The molecule has 0 radical (unpaired) electrons. The predicted molar refractivity (Wildman–Crippen MR) is 66.3 cm³/mol. The van der Waals surface area contributed by atoms with Crippen LogP contribution in [0.4, 0.5) is 13.2 Å². The molecule has 0 aromatic heterocycles. The number of alkyl halides is 3. The van der Waals surface area contributed by atoms with E-state index in [9.17, 15) is 13.2 Å². The number of benzene rings is 1. The molecule has 0 atom stereocenters. The van der Waals surface area contributed by atoms with E-state index >= 15 is 0 Å². The Bertz CT molecular complexity index is 394. The molecule has 108 valence electrons. The summed E-state index contributed by atoms with van der Waals surface area (Å²) in [5.74, 6) is 0.950. The third kappa shape index (κ3) is 5.38.